The van der Waals surface area contributed by atoms with Crippen LogP contribution in [-0.2, 0) is 0 Å². The van der Waals surface area contributed by atoms with Crippen LogP contribution < -0.4 is 0 Å². The van der Waals surface area contributed by atoms with Gasteiger partial charge in [-0.25, -0.2) is 0 Å². The fraction of sp³-hybridized carbons (Fsp3) is 0.0455. The van der Waals surface area contributed by atoms with Crippen molar-refractivity contribution >= 4 is 17.4 Å². The average molecular weight is 298 g/mol. The third-order valence-electron chi connectivity index (χ3n) is 3.75. The minimum atomic E-state index is 0.0417. The summed E-state index contributed by atoms with van der Waals surface area (Å²) in [6.07, 6.45) is 1.96. The fourth-order valence-electron chi connectivity index (χ4n) is 2.47. The lowest BCUT2D eigenvalue weighted by molar-refractivity contribution is 0.105. The lowest BCUT2D eigenvalue weighted by Gasteiger charge is -2.08. The third kappa shape index (κ3) is 3.64. The van der Waals surface area contributed by atoms with Crippen LogP contribution in [0.4, 0.5) is 0 Å². The van der Waals surface area contributed by atoms with E-state index < -0.39 is 0 Å². The maximum Gasteiger partial charge on any atom is 0.193 e. The van der Waals surface area contributed by atoms with Gasteiger partial charge in [-0.3, -0.25) is 4.79 Å². The topological polar surface area (TPSA) is 17.1 Å². The summed E-state index contributed by atoms with van der Waals surface area (Å²) in [5.41, 5.74) is 4.52. The van der Waals surface area contributed by atoms with Crippen LogP contribution in [0.2, 0.25) is 0 Å². The predicted molar refractivity (Wildman–Crippen MR) is 96.3 cm³/mol. The van der Waals surface area contributed by atoms with Gasteiger partial charge in [0.05, 0.1) is 0 Å². The van der Waals surface area contributed by atoms with Crippen LogP contribution in [-0.4, -0.2) is 5.78 Å². The van der Waals surface area contributed by atoms with Gasteiger partial charge in [0.2, 0.25) is 0 Å². The molecule has 3 rings (SSSR count). The smallest absolute Gasteiger partial charge is 0.193 e. The monoisotopic (exact) mass is 298 g/mol. The summed E-state index contributed by atoms with van der Waals surface area (Å²) in [5, 5.41) is 0. The van der Waals surface area contributed by atoms with E-state index in [0.29, 0.717) is 11.1 Å². The molecule has 0 heterocycles. The first-order valence-corrected chi connectivity index (χ1v) is 7.67. The predicted octanol–water partition coefficient (Wildman–Crippen LogP) is 5.42. The standard InChI is InChI=1S/C22H18O/c1-17-12-14-20(15-13-17)22(23)21(19-10-6-3-7-11-19)16-18-8-4-2-5-9-18/h2-16H,1H3/b21-16+. The van der Waals surface area contributed by atoms with E-state index in [1.54, 1.807) is 0 Å². The van der Waals surface area contributed by atoms with Gasteiger partial charge in [0, 0.05) is 11.1 Å². The highest BCUT2D eigenvalue weighted by Gasteiger charge is 2.14. The summed E-state index contributed by atoms with van der Waals surface area (Å²) in [4.78, 5) is 13.0. The summed E-state index contributed by atoms with van der Waals surface area (Å²) in [5.74, 6) is 0.0417. The van der Waals surface area contributed by atoms with Gasteiger partial charge in [0.25, 0.3) is 0 Å². The number of carbonyl (C=O) groups is 1. The molecule has 0 saturated carbocycles. The summed E-state index contributed by atoms with van der Waals surface area (Å²) in [6.45, 7) is 2.02. The summed E-state index contributed by atoms with van der Waals surface area (Å²) in [7, 11) is 0. The van der Waals surface area contributed by atoms with E-state index in [1.807, 2.05) is 97.9 Å². The molecule has 112 valence electrons. The molecule has 3 aromatic carbocycles. The van der Waals surface area contributed by atoms with E-state index in [2.05, 4.69) is 0 Å². The highest BCUT2D eigenvalue weighted by atomic mass is 16.1. The molecule has 1 heteroatoms. The molecule has 0 saturated heterocycles. The highest BCUT2D eigenvalue weighted by molar-refractivity contribution is 6.32. The number of benzene rings is 3. The molecule has 0 aliphatic rings. The van der Waals surface area contributed by atoms with Crippen LogP contribution in [0, 0.1) is 6.92 Å². The van der Waals surface area contributed by atoms with Gasteiger partial charge in [0.15, 0.2) is 5.78 Å². The Kier molecular flexibility index (Phi) is 4.49. The molecule has 3 aromatic rings. The van der Waals surface area contributed by atoms with Crippen molar-refractivity contribution in [2.45, 2.75) is 6.92 Å². The second kappa shape index (κ2) is 6.89. The molecule has 0 aromatic heterocycles. The Bertz CT molecular complexity index is 813. The van der Waals surface area contributed by atoms with E-state index in [9.17, 15) is 4.79 Å². The van der Waals surface area contributed by atoms with Crippen molar-refractivity contribution in [3.63, 3.8) is 0 Å². The first-order chi connectivity index (χ1) is 11.2. The molecule has 0 fully saturated rings. The number of hydrogen-bond acceptors (Lipinski definition) is 1. The number of Topliss-reactive ketones (excluding diaryl/α,β-unsaturated/α-hetero) is 1. The van der Waals surface area contributed by atoms with E-state index in [-0.39, 0.29) is 5.78 Å². The van der Waals surface area contributed by atoms with Gasteiger partial charge in [0.1, 0.15) is 0 Å². The Morgan fingerprint density at radius 2 is 1.26 bits per heavy atom. The van der Waals surface area contributed by atoms with Crippen LogP contribution in [0.25, 0.3) is 11.6 Å². The van der Waals surface area contributed by atoms with E-state index >= 15 is 0 Å². The van der Waals surface area contributed by atoms with Gasteiger partial charge in [-0.2, -0.15) is 0 Å². The molecule has 0 amide bonds. The quantitative estimate of drug-likeness (QED) is 0.357. The Morgan fingerprint density at radius 1 is 0.696 bits per heavy atom. The van der Waals surface area contributed by atoms with Crippen LogP contribution in [0.3, 0.4) is 0 Å². The van der Waals surface area contributed by atoms with Crippen molar-refractivity contribution in [2.75, 3.05) is 0 Å². The second-order valence-electron chi connectivity index (χ2n) is 5.53. The SMILES string of the molecule is Cc1ccc(C(=O)/C(=C/c2ccccc2)c2ccccc2)cc1. The van der Waals surface area contributed by atoms with Crippen molar-refractivity contribution in [3.8, 4) is 0 Å². The Balaban J connectivity index is 2.07. The fourth-order valence-corrected chi connectivity index (χ4v) is 2.47. The molecule has 0 N–H and O–H groups in total. The molecule has 0 bridgehead atoms. The maximum absolute atomic E-state index is 13.0. The molecular weight excluding hydrogens is 280 g/mol. The van der Waals surface area contributed by atoms with Crippen molar-refractivity contribution in [2.24, 2.45) is 0 Å². The minimum absolute atomic E-state index is 0.0417. The molecule has 1 nitrogen and oxygen atoms in total. The van der Waals surface area contributed by atoms with Crippen molar-refractivity contribution in [3.05, 3.63) is 107 Å². The molecule has 0 atom stereocenters. The van der Waals surface area contributed by atoms with Crippen LogP contribution in [0.15, 0.2) is 84.9 Å². The largest absolute Gasteiger partial charge is 0.289 e. The van der Waals surface area contributed by atoms with E-state index in [1.165, 1.54) is 0 Å². The lowest BCUT2D eigenvalue weighted by Crippen LogP contribution is -2.03. The minimum Gasteiger partial charge on any atom is -0.289 e. The Labute approximate surface area is 136 Å². The molecule has 0 radical (unpaired) electrons. The van der Waals surface area contributed by atoms with E-state index in [0.717, 1.165) is 16.7 Å². The second-order valence-corrected chi connectivity index (χ2v) is 5.53. The molecule has 0 aliphatic carbocycles. The number of rotatable bonds is 4. The molecule has 0 unspecified atom stereocenters. The van der Waals surface area contributed by atoms with Gasteiger partial charge in [-0.1, -0.05) is 90.5 Å². The molecule has 23 heavy (non-hydrogen) atoms. The zero-order valence-corrected chi connectivity index (χ0v) is 13.1. The number of ketones is 1. The highest BCUT2D eigenvalue weighted by Crippen LogP contribution is 2.23. The van der Waals surface area contributed by atoms with Crippen molar-refractivity contribution in [1.82, 2.24) is 0 Å². The maximum atomic E-state index is 13.0. The number of allylic oxidation sites excluding steroid dienone is 1. The molecular formula is C22H18O. The van der Waals surface area contributed by atoms with Gasteiger partial charge in [-0.05, 0) is 24.1 Å². The Hall–Kier alpha value is -2.93. The summed E-state index contributed by atoms with van der Waals surface area (Å²) < 4.78 is 0. The molecule has 0 aliphatic heterocycles. The summed E-state index contributed by atoms with van der Waals surface area (Å²) >= 11 is 0. The van der Waals surface area contributed by atoms with Crippen molar-refractivity contribution < 1.29 is 4.79 Å². The van der Waals surface area contributed by atoms with E-state index in [4.69, 9.17) is 0 Å². The zero-order valence-electron chi connectivity index (χ0n) is 13.1. The Morgan fingerprint density at radius 3 is 1.87 bits per heavy atom. The van der Waals surface area contributed by atoms with Crippen LogP contribution in [0.1, 0.15) is 27.0 Å². The van der Waals surface area contributed by atoms with Crippen LogP contribution in [0.5, 0.6) is 0 Å². The lowest BCUT2D eigenvalue weighted by atomic mass is 9.94. The molecule has 0 spiro atoms. The van der Waals surface area contributed by atoms with Gasteiger partial charge in [-0.15, -0.1) is 0 Å². The average Bonchev–Trinajstić information content (AvgIpc) is 2.61. The van der Waals surface area contributed by atoms with Crippen LogP contribution >= 0.6 is 0 Å². The van der Waals surface area contributed by atoms with Crippen molar-refractivity contribution in [1.29, 1.82) is 0 Å². The third-order valence-corrected chi connectivity index (χ3v) is 3.75. The first kappa shape index (κ1) is 15.0. The number of aryl methyl sites for hydroxylation is 1. The number of hydrogen-bond donors (Lipinski definition) is 0. The zero-order chi connectivity index (χ0) is 16.1. The van der Waals surface area contributed by atoms with Gasteiger partial charge < -0.3 is 0 Å². The number of carbonyl (C=O) groups excluding carboxylic acids is 1. The normalized spacial score (nSPS) is 11.3. The first-order valence-electron chi connectivity index (χ1n) is 7.67. The van der Waals surface area contributed by atoms with Gasteiger partial charge >= 0.3 is 0 Å². The summed E-state index contributed by atoms with van der Waals surface area (Å²) in [6, 6.07) is 27.5.